The van der Waals surface area contributed by atoms with Crippen LogP contribution in [0.25, 0.3) is 0 Å². The predicted octanol–water partition coefficient (Wildman–Crippen LogP) is 1.03. The first-order valence-electron chi connectivity index (χ1n) is 4.73. The van der Waals surface area contributed by atoms with E-state index in [0.29, 0.717) is 10.1 Å². The number of amides is 1. The molecule has 0 aliphatic carbocycles. The highest BCUT2D eigenvalue weighted by molar-refractivity contribution is 7.89. The third-order valence-corrected chi connectivity index (χ3v) is 3.97. The van der Waals surface area contributed by atoms with Crippen molar-refractivity contribution in [2.45, 2.75) is 4.90 Å². The van der Waals surface area contributed by atoms with E-state index in [-0.39, 0.29) is 4.90 Å². The molecule has 1 aromatic rings. The van der Waals surface area contributed by atoms with Crippen molar-refractivity contribution in [3.05, 3.63) is 36.9 Å². The van der Waals surface area contributed by atoms with E-state index in [1.165, 1.54) is 38.4 Å². The Morgan fingerprint density at radius 2 is 1.88 bits per heavy atom. The monoisotopic (exact) mass is 255 g/mol. The topological polar surface area (TPSA) is 63.7 Å². The van der Waals surface area contributed by atoms with Gasteiger partial charge in [-0.2, -0.15) is 0 Å². The second-order valence-corrected chi connectivity index (χ2v) is 5.16. The molecule has 0 N–H and O–H groups in total. The molecule has 0 fully saturated rings. The van der Waals surface area contributed by atoms with E-state index in [2.05, 4.69) is 6.58 Å². The van der Waals surface area contributed by atoms with E-state index in [0.717, 1.165) is 6.08 Å². The molecule has 0 heterocycles. The summed E-state index contributed by atoms with van der Waals surface area (Å²) in [7, 11) is -1.15. The molecule has 92 valence electrons. The Bertz CT molecular complexity index is 519. The summed E-state index contributed by atoms with van der Waals surface area (Å²) >= 11 is 0. The molecular formula is C11H13NO4S. The standard InChI is InChI=1S/C11H13NO4S/c1-4-11(13)12(2)17(14,15)10-7-5-9(16-3)6-8-10/h4-8H,1H2,2-3H3. The molecule has 1 aromatic carbocycles. The average molecular weight is 255 g/mol. The van der Waals surface area contributed by atoms with Crippen molar-refractivity contribution < 1.29 is 17.9 Å². The molecular weight excluding hydrogens is 242 g/mol. The van der Waals surface area contributed by atoms with Crippen molar-refractivity contribution in [2.75, 3.05) is 14.2 Å². The van der Waals surface area contributed by atoms with Crippen molar-refractivity contribution in [1.82, 2.24) is 4.31 Å². The lowest BCUT2D eigenvalue weighted by atomic mass is 10.3. The van der Waals surface area contributed by atoms with Gasteiger partial charge in [-0.15, -0.1) is 0 Å². The number of nitrogens with zero attached hydrogens (tertiary/aromatic N) is 1. The zero-order chi connectivity index (χ0) is 13.1. The number of carbonyl (C=O) groups is 1. The van der Waals surface area contributed by atoms with Crippen LogP contribution in [0.3, 0.4) is 0 Å². The lowest BCUT2D eigenvalue weighted by Gasteiger charge is -2.15. The maximum absolute atomic E-state index is 11.9. The number of hydrogen-bond acceptors (Lipinski definition) is 4. The second kappa shape index (κ2) is 5.01. The normalized spacial score (nSPS) is 10.7. The lowest BCUT2D eigenvalue weighted by Crippen LogP contribution is -2.31. The smallest absolute Gasteiger partial charge is 0.266 e. The number of benzene rings is 1. The Kier molecular flexibility index (Phi) is 3.90. The van der Waals surface area contributed by atoms with Gasteiger partial charge >= 0.3 is 0 Å². The summed E-state index contributed by atoms with van der Waals surface area (Å²) < 4.78 is 29.5. The molecule has 0 aliphatic heterocycles. The highest BCUT2D eigenvalue weighted by Gasteiger charge is 2.23. The van der Waals surface area contributed by atoms with Crippen molar-refractivity contribution in [3.63, 3.8) is 0 Å². The first kappa shape index (κ1) is 13.2. The molecule has 0 aromatic heterocycles. The summed E-state index contributed by atoms with van der Waals surface area (Å²) in [6.45, 7) is 3.24. The van der Waals surface area contributed by atoms with E-state index >= 15 is 0 Å². The van der Waals surface area contributed by atoms with Crippen LogP contribution in [0, 0.1) is 0 Å². The number of hydrogen-bond donors (Lipinski definition) is 0. The highest BCUT2D eigenvalue weighted by atomic mass is 32.2. The zero-order valence-corrected chi connectivity index (χ0v) is 10.4. The van der Waals surface area contributed by atoms with Crippen molar-refractivity contribution in [2.24, 2.45) is 0 Å². The maximum Gasteiger partial charge on any atom is 0.266 e. The van der Waals surface area contributed by atoms with Crippen LogP contribution in [0.1, 0.15) is 0 Å². The molecule has 1 rings (SSSR count). The van der Waals surface area contributed by atoms with Gasteiger partial charge in [0.15, 0.2) is 0 Å². The van der Waals surface area contributed by atoms with Gasteiger partial charge in [0.2, 0.25) is 0 Å². The number of ether oxygens (including phenoxy) is 1. The summed E-state index contributed by atoms with van der Waals surface area (Å²) in [5.74, 6) is -0.137. The van der Waals surface area contributed by atoms with Crippen LogP contribution in [0.5, 0.6) is 5.75 Å². The van der Waals surface area contributed by atoms with Crippen molar-refractivity contribution >= 4 is 15.9 Å². The molecule has 1 amide bonds. The first-order chi connectivity index (χ1) is 7.93. The van der Waals surface area contributed by atoms with Gasteiger partial charge in [0.1, 0.15) is 5.75 Å². The van der Waals surface area contributed by atoms with E-state index in [9.17, 15) is 13.2 Å². The average Bonchev–Trinajstić information content (AvgIpc) is 2.36. The van der Waals surface area contributed by atoms with E-state index in [4.69, 9.17) is 4.74 Å². The van der Waals surface area contributed by atoms with Crippen LogP contribution in [0.4, 0.5) is 0 Å². The van der Waals surface area contributed by atoms with Crippen LogP contribution in [-0.4, -0.2) is 32.8 Å². The quantitative estimate of drug-likeness (QED) is 0.754. The molecule has 0 unspecified atom stereocenters. The third kappa shape index (κ3) is 2.65. The highest BCUT2D eigenvalue weighted by Crippen LogP contribution is 2.18. The maximum atomic E-state index is 11.9. The SMILES string of the molecule is C=CC(=O)N(C)S(=O)(=O)c1ccc(OC)cc1. The van der Waals surface area contributed by atoms with Gasteiger partial charge in [0.05, 0.1) is 12.0 Å². The van der Waals surface area contributed by atoms with Gasteiger partial charge in [-0.25, -0.2) is 12.7 Å². The van der Waals surface area contributed by atoms with Crippen LogP contribution >= 0.6 is 0 Å². The van der Waals surface area contributed by atoms with Crippen molar-refractivity contribution in [1.29, 1.82) is 0 Å². The largest absolute Gasteiger partial charge is 0.497 e. The van der Waals surface area contributed by atoms with E-state index in [1.54, 1.807) is 0 Å². The first-order valence-corrected chi connectivity index (χ1v) is 6.17. The fourth-order valence-corrected chi connectivity index (χ4v) is 2.26. The van der Waals surface area contributed by atoms with Gasteiger partial charge in [-0.05, 0) is 30.3 Å². The second-order valence-electron chi connectivity index (χ2n) is 3.19. The molecule has 0 bridgehead atoms. The lowest BCUT2D eigenvalue weighted by molar-refractivity contribution is -0.120. The van der Waals surface area contributed by atoms with Gasteiger partial charge < -0.3 is 4.74 Å². The Hall–Kier alpha value is -1.82. The summed E-state index contributed by atoms with van der Waals surface area (Å²) in [6, 6.07) is 5.78. The van der Waals surface area contributed by atoms with Crippen LogP contribution in [-0.2, 0) is 14.8 Å². The molecule has 0 aliphatic rings. The minimum absolute atomic E-state index is 0.0241. The number of rotatable bonds is 4. The Labute approximate surface area is 100 Å². The molecule has 0 spiro atoms. The molecule has 17 heavy (non-hydrogen) atoms. The van der Waals surface area contributed by atoms with Crippen LogP contribution in [0.2, 0.25) is 0 Å². The Morgan fingerprint density at radius 1 is 1.35 bits per heavy atom. The summed E-state index contributed by atoms with van der Waals surface area (Å²) in [5, 5.41) is 0. The number of methoxy groups -OCH3 is 1. The molecule has 0 atom stereocenters. The number of sulfonamides is 1. The number of carbonyl (C=O) groups excluding carboxylic acids is 1. The molecule has 6 heteroatoms. The summed E-state index contributed by atoms with van der Waals surface area (Å²) in [5.41, 5.74) is 0. The molecule has 0 saturated carbocycles. The van der Waals surface area contributed by atoms with Gasteiger partial charge in [-0.3, -0.25) is 4.79 Å². The van der Waals surface area contributed by atoms with Gasteiger partial charge in [-0.1, -0.05) is 6.58 Å². The predicted molar refractivity (Wildman–Crippen MR) is 63.1 cm³/mol. The van der Waals surface area contributed by atoms with E-state index in [1.807, 2.05) is 0 Å². The minimum Gasteiger partial charge on any atom is -0.497 e. The van der Waals surface area contributed by atoms with Crippen LogP contribution < -0.4 is 4.74 Å². The summed E-state index contributed by atoms with van der Waals surface area (Å²) in [6.07, 6.45) is 0.946. The van der Waals surface area contributed by atoms with Gasteiger partial charge in [0, 0.05) is 7.05 Å². The third-order valence-electron chi connectivity index (χ3n) is 2.20. The molecule has 0 saturated heterocycles. The zero-order valence-electron chi connectivity index (χ0n) is 9.58. The summed E-state index contributed by atoms with van der Waals surface area (Å²) in [4.78, 5) is 11.3. The van der Waals surface area contributed by atoms with Crippen molar-refractivity contribution in [3.8, 4) is 5.75 Å². The Balaban J connectivity index is 3.12. The molecule has 5 nitrogen and oxygen atoms in total. The van der Waals surface area contributed by atoms with Gasteiger partial charge in [0.25, 0.3) is 15.9 Å². The molecule has 0 radical (unpaired) electrons. The Morgan fingerprint density at radius 3 is 2.29 bits per heavy atom. The fraction of sp³-hybridized carbons (Fsp3) is 0.182. The minimum atomic E-state index is -3.82. The van der Waals surface area contributed by atoms with Crippen LogP contribution in [0.15, 0.2) is 41.8 Å². The van der Waals surface area contributed by atoms with E-state index < -0.39 is 15.9 Å². The number of likely N-dealkylation sites (N-methyl/N-ethyl adjacent to an activating group) is 1. The fourth-order valence-electron chi connectivity index (χ4n) is 1.15.